The molecule has 0 saturated heterocycles. The van der Waals surface area contributed by atoms with Gasteiger partial charge in [-0.2, -0.15) is 0 Å². The summed E-state index contributed by atoms with van der Waals surface area (Å²) in [5.74, 6) is 0.331. The van der Waals surface area contributed by atoms with Gasteiger partial charge in [-0.3, -0.25) is 0 Å². The molecule has 0 aliphatic heterocycles. The Balaban J connectivity index is 3.46. The van der Waals surface area contributed by atoms with Crippen LogP contribution in [0.15, 0.2) is 0 Å². The summed E-state index contributed by atoms with van der Waals surface area (Å²) >= 11 is 0. The lowest BCUT2D eigenvalue weighted by molar-refractivity contribution is 0.108. The van der Waals surface area contributed by atoms with Crippen molar-refractivity contribution in [1.82, 2.24) is 0 Å². The molecule has 0 bridgehead atoms. The molecule has 3 N–H and O–H groups in total. The Hall–Kier alpha value is -0.0800. The van der Waals surface area contributed by atoms with Gasteiger partial charge in [0.1, 0.15) is 0 Å². The first-order valence-electron chi connectivity index (χ1n) is 4.01. The summed E-state index contributed by atoms with van der Waals surface area (Å²) in [5, 5.41) is 9.35. The number of rotatable bonds is 4. The van der Waals surface area contributed by atoms with Gasteiger partial charge in [-0.25, -0.2) is 0 Å². The highest BCUT2D eigenvalue weighted by Crippen LogP contribution is 2.08. The van der Waals surface area contributed by atoms with Gasteiger partial charge in [0, 0.05) is 6.04 Å². The van der Waals surface area contributed by atoms with Crippen LogP contribution < -0.4 is 5.73 Å². The molecular weight excluding hydrogens is 126 g/mol. The largest absolute Gasteiger partial charge is 0.393 e. The predicted octanol–water partition coefficient (Wildman–Crippen LogP) is 1.13. The highest BCUT2D eigenvalue weighted by molar-refractivity contribution is 4.67. The maximum absolute atomic E-state index is 9.35. The van der Waals surface area contributed by atoms with E-state index in [4.69, 9.17) is 5.73 Å². The van der Waals surface area contributed by atoms with Crippen LogP contribution in [0.4, 0.5) is 0 Å². The number of aliphatic hydroxyl groups excluding tert-OH is 1. The van der Waals surface area contributed by atoms with Crippen molar-refractivity contribution in [2.24, 2.45) is 11.7 Å². The summed E-state index contributed by atoms with van der Waals surface area (Å²) < 4.78 is 0. The third kappa shape index (κ3) is 3.85. The van der Waals surface area contributed by atoms with Crippen molar-refractivity contribution in [1.29, 1.82) is 0 Å². The van der Waals surface area contributed by atoms with Gasteiger partial charge in [-0.1, -0.05) is 20.8 Å². The van der Waals surface area contributed by atoms with Crippen LogP contribution in [-0.2, 0) is 0 Å². The lowest BCUT2D eigenvalue weighted by Crippen LogP contribution is -2.28. The van der Waals surface area contributed by atoms with Crippen LogP contribution in [-0.4, -0.2) is 17.3 Å². The minimum absolute atomic E-state index is 0.164. The molecule has 0 fully saturated rings. The second-order valence-electron chi connectivity index (χ2n) is 3.22. The maximum Gasteiger partial charge on any atom is 0.0577 e. The summed E-state index contributed by atoms with van der Waals surface area (Å²) in [4.78, 5) is 0. The van der Waals surface area contributed by atoms with Gasteiger partial charge >= 0.3 is 0 Å². The summed E-state index contributed by atoms with van der Waals surface area (Å²) in [6.45, 7) is 6.05. The monoisotopic (exact) mass is 145 g/mol. The normalized spacial score (nSPS) is 17.4. The topological polar surface area (TPSA) is 46.2 Å². The second kappa shape index (κ2) is 4.69. The van der Waals surface area contributed by atoms with Crippen LogP contribution in [0.5, 0.6) is 0 Å². The minimum Gasteiger partial charge on any atom is -0.393 e. The third-order valence-corrected chi connectivity index (χ3v) is 1.84. The van der Waals surface area contributed by atoms with Crippen LogP contribution in [0.25, 0.3) is 0 Å². The Kier molecular flexibility index (Phi) is 4.65. The molecule has 0 aromatic rings. The van der Waals surface area contributed by atoms with Gasteiger partial charge in [0.25, 0.3) is 0 Å². The fraction of sp³-hybridized carbons (Fsp3) is 1.00. The second-order valence-corrected chi connectivity index (χ2v) is 3.22. The standard InChI is InChI=1S/C8H19NO/c1-4-7(9)5-8(10)6(2)3/h6-8,10H,4-5,9H2,1-3H3/t7-,8+/m1/s1. The van der Waals surface area contributed by atoms with Crippen molar-refractivity contribution in [2.45, 2.75) is 45.8 Å². The zero-order chi connectivity index (χ0) is 8.15. The molecule has 0 heterocycles. The molecule has 0 aliphatic carbocycles. The molecule has 0 rings (SSSR count). The smallest absolute Gasteiger partial charge is 0.0577 e. The van der Waals surface area contributed by atoms with E-state index >= 15 is 0 Å². The Morgan fingerprint density at radius 3 is 2.20 bits per heavy atom. The number of hydrogen-bond donors (Lipinski definition) is 2. The number of hydrogen-bond acceptors (Lipinski definition) is 2. The van der Waals surface area contributed by atoms with E-state index in [1.165, 1.54) is 0 Å². The fourth-order valence-corrected chi connectivity index (χ4v) is 0.749. The van der Waals surface area contributed by atoms with Crippen molar-refractivity contribution in [3.63, 3.8) is 0 Å². The SMILES string of the molecule is CC[C@@H](N)C[C@H](O)C(C)C. The van der Waals surface area contributed by atoms with Crippen LogP contribution >= 0.6 is 0 Å². The van der Waals surface area contributed by atoms with Crippen LogP contribution in [0, 0.1) is 5.92 Å². The van der Waals surface area contributed by atoms with Crippen LogP contribution in [0.1, 0.15) is 33.6 Å². The highest BCUT2D eigenvalue weighted by Gasteiger charge is 2.11. The zero-order valence-corrected chi connectivity index (χ0v) is 7.17. The molecular formula is C8H19NO. The van der Waals surface area contributed by atoms with E-state index in [-0.39, 0.29) is 12.1 Å². The van der Waals surface area contributed by atoms with E-state index < -0.39 is 0 Å². The van der Waals surface area contributed by atoms with Gasteiger partial charge in [-0.05, 0) is 18.8 Å². The van der Waals surface area contributed by atoms with Crippen LogP contribution in [0.3, 0.4) is 0 Å². The average molecular weight is 145 g/mol. The summed E-state index contributed by atoms with van der Waals surface area (Å²) in [6, 6.07) is 0.164. The van der Waals surface area contributed by atoms with Crippen molar-refractivity contribution in [3.8, 4) is 0 Å². The predicted molar refractivity (Wildman–Crippen MR) is 43.7 cm³/mol. The molecule has 0 aromatic heterocycles. The van der Waals surface area contributed by atoms with Gasteiger partial charge in [-0.15, -0.1) is 0 Å². The van der Waals surface area contributed by atoms with Gasteiger partial charge in [0.05, 0.1) is 6.10 Å². The van der Waals surface area contributed by atoms with E-state index in [1.807, 2.05) is 20.8 Å². The highest BCUT2D eigenvalue weighted by atomic mass is 16.3. The fourth-order valence-electron chi connectivity index (χ4n) is 0.749. The lowest BCUT2D eigenvalue weighted by atomic mass is 9.99. The maximum atomic E-state index is 9.35. The Labute approximate surface area is 63.4 Å². The molecule has 10 heavy (non-hydrogen) atoms. The minimum atomic E-state index is -0.227. The number of aliphatic hydroxyl groups is 1. The first-order chi connectivity index (χ1) is 4.57. The van der Waals surface area contributed by atoms with Crippen molar-refractivity contribution in [3.05, 3.63) is 0 Å². The third-order valence-electron chi connectivity index (χ3n) is 1.84. The molecule has 0 amide bonds. The molecule has 2 atom stereocenters. The molecule has 0 aromatic carbocycles. The molecule has 0 unspecified atom stereocenters. The molecule has 2 heteroatoms. The van der Waals surface area contributed by atoms with Crippen molar-refractivity contribution < 1.29 is 5.11 Å². The van der Waals surface area contributed by atoms with Crippen LogP contribution in [0.2, 0.25) is 0 Å². The van der Waals surface area contributed by atoms with E-state index in [9.17, 15) is 5.11 Å². The van der Waals surface area contributed by atoms with E-state index in [0.29, 0.717) is 5.92 Å². The Bertz CT molecular complexity index is 83.3. The molecule has 0 spiro atoms. The molecule has 0 saturated carbocycles. The van der Waals surface area contributed by atoms with E-state index in [1.54, 1.807) is 0 Å². The molecule has 62 valence electrons. The van der Waals surface area contributed by atoms with E-state index in [0.717, 1.165) is 12.8 Å². The Morgan fingerprint density at radius 1 is 1.40 bits per heavy atom. The lowest BCUT2D eigenvalue weighted by Gasteiger charge is -2.17. The summed E-state index contributed by atoms with van der Waals surface area (Å²) in [7, 11) is 0. The van der Waals surface area contributed by atoms with Gasteiger partial charge in [0.2, 0.25) is 0 Å². The first-order valence-corrected chi connectivity index (χ1v) is 4.01. The molecule has 0 radical (unpaired) electrons. The van der Waals surface area contributed by atoms with Crippen molar-refractivity contribution >= 4 is 0 Å². The number of nitrogens with two attached hydrogens (primary N) is 1. The van der Waals surface area contributed by atoms with E-state index in [2.05, 4.69) is 0 Å². The summed E-state index contributed by atoms with van der Waals surface area (Å²) in [5.41, 5.74) is 5.65. The summed E-state index contributed by atoms with van der Waals surface area (Å²) in [6.07, 6.45) is 1.45. The quantitative estimate of drug-likeness (QED) is 0.623. The Morgan fingerprint density at radius 2 is 1.90 bits per heavy atom. The van der Waals surface area contributed by atoms with Gasteiger partial charge < -0.3 is 10.8 Å². The van der Waals surface area contributed by atoms with Crippen molar-refractivity contribution in [2.75, 3.05) is 0 Å². The zero-order valence-electron chi connectivity index (χ0n) is 7.17. The average Bonchev–Trinajstić information content (AvgIpc) is 1.87. The van der Waals surface area contributed by atoms with Gasteiger partial charge in [0.15, 0.2) is 0 Å². The first kappa shape index (κ1) is 9.92. The molecule has 0 aliphatic rings. The molecule has 2 nitrogen and oxygen atoms in total.